The van der Waals surface area contributed by atoms with Crippen LogP contribution in [0.3, 0.4) is 0 Å². The molecule has 0 aliphatic carbocycles. The average Bonchev–Trinajstić information content (AvgIpc) is 2.65. The lowest BCUT2D eigenvalue weighted by molar-refractivity contribution is -0.0117. The summed E-state index contributed by atoms with van der Waals surface area (Å²) in [6.07, 6.45) is -1.45. The Hall–Kier alpha value is -1.90. The van der Waals surface area contributed by atoms with Crippen molar-refractivity contribution in [3.05, 3.63) is 71.3 Å². The predicted octanol–water partition coefficient (Wildman–Crippen LogP) is 1.72. The van der Waals surface area contributed by atoms with Gasteiger partial charge in [-0.1, -0.05) is 24.3 Å². The fraction of sp³-hybridized carbons (Fsp3) is 0.400. The molecule has 2 aromatic rings. The maximum absolute atomic E-state index is 13.2. The number of aliphatic hydroxyl groups is 3. The maximum Gasteiger partial charge on any atom is 0.123 e. The van der Waals surface area contributed by atoms with Crippen molar-refractivity contribution >= 4 is 0 Å². The highest BCUT2D eigenvalue weighted by molar-refractivity contribution is 5.30. The highest BCUT2D eigenvalue weighted by Crippen LogP contribution is 2.26. The molecule has 3 N–H and O–H groups in total. The van der Waals surface area contributed by atoms with Gasteiger partial charge in [-0.3, -0.25) is 4.90 Å². The second kappa shape index (κ2) is 11.1. The molecule has 0 aliphatic rings. The van der Waals surface area contributed by atoms with Crippen LogP contribution in [-0.2, 0) is 4.74 Å². The first kappa shape index (κ1) is 21.4. The molecule has 7 heteroatoms. The Labute approximate surface area is 157 Å². The van der Waals surface area contributed by atoms with E-state index in [1.807, 2.05) is 0 Å². The summed E-state index contributed by atoms with van der Waals surface area (Å²) in [7, 11) is 0. The number of nitrogens with zero attached hydrogens (tertiary/aromatic N) is 1. The van der Waals surface area contributed by atoms with E-state index in [-0.39, 0.29) is 38.0 Å². The van der Waals surface area contributed by atoms with Crippen LogP contribution in [0.4, 0.5) is 8.78 Å². The standard InChI is InChI=1S/C20H25F2NO4/c21-17-5-1-15(2-6-17)20(16-3-7-18(22)8-4-16)27-14-19(26)13-23(9-11-24)10-12-25/h1-8,19-20,24-26H,9-14H2. The monoisotopic (exact) mass is 381 g/mol. The molecule has 0 aliphatic heterocycles. The Morgan fingerprint density at radius 2 is 1.26 bits per heavy atom. The quantitative estimate of drug-likeness (QED) is 0.553. The number of aliphatic hydroxyl groups excluding tert-OH is 3. The normalized spacial score (nSPS) is 12.7. The molecule has 0 aromatic heterocycles. The van der Waals surface area contributed by atoms with Crippen LogP contribution in [0.15, 0.2) is 48.5 Å². The van der Waals surface area contributed by atoms with Crippen molar-refractivity contribution in [1.29, 1.82) is 0 Å². The molecule has 148 valence electrons. The van der Waals surface area contributed by atoms with Crippen molar-refractivity contribution < 1.29 is 28.8 Å². The van der Waals surface area contributed by atoms with E-state index in [2.05, 4.69) is 0 Å². The van der Waals surface area contributed by atoms with Crippen LogP contribution in [0, 0.1) is 11.6 Å². The van der Waals surface area contributed by atoms with E-state index in [1.54, 1.807) is 29.2 Å². The topological polar surface area (TPSA) is 73.2 Å². The summed E-state index contributed by atoms with van der Waals surface area (Å²) in [4.78, 5) is 1.72. The van der Waals surface area contributed by atoms with Crippen LogP contribution in [0.25, 0.3) is 0 Å². The number of hydrogen-bond acceptors (Lipinski definition) is 5. The first-order valence-corrected chi connectivity index (χ1v) is 8.78. The molecule has 1 unspecified atom stereocenters. The highest BCUT2D eigenvalue weighted by Gasteiger charge is 2.18. The van der Waals surface area contributed by atoms with E-state index in [0.29, 0.717) is 24.2 Å². The summed E-state index contributed by atoms with van der Waals surface area (Å²) < 4.78 is 32.3. The SMILES string of the molecule is OCCN(CCO)CC(O)COC(c1ccc(F)cc1)c1ccc(F)cc1. The molecular formula is C20H25F2NO4. The van der Waals surface area contributed by atoms with Crippen molar-refractivity contribution in [2.45, 2.75) is 12.2 Å². The number of hydrogen-bond donors (Lipinski definition) is 3. The van der Waals surface area contributed by atoms with Crippen molar-refractivity contribution in [3.63, 3.8) is 0 Å². The van der Waals surface area contributed by atoms with Crippen LogP contribution in [0.5, 0.6) is 0 Å². The largest absolute Gasteiger partial charge is 0.395 e. The van der Waals surface area contributed by atoms with Gasteiger partial charge >= 0.3 is 0 Å². The fourth-order valence-corrected chi connectivity index (χ4v) is 2.80. The Bertz CT molecular complexity index is 615. The van der Waals surface area contributed by atoms with Gasteiger partial charge in [0.05, 0.1) is 25.9 Å². The molecule has 2 aromatic carbocycles. The highest BCUT2D eigenvalue weighted by atomic mass is 19.1. The third-order valence-electron chi connectivity index (χ3n) is 4.10. The summed E-state index contributed by atoms with van der Waals surface area (Å²) in [5.41, 5.74) is 1.36. The van der Waals surface area contributed by atoms with Gasteiger partial charge < -0.3 is 20.1 Å². The molecule has 0 fully saturated rings. The zero-order valence-corrected chi connectivity index (χ0v) is 15.0. The van der Waals surface area contributed by atoms with Crippen molar-refractivity contribution in [2.75, 3.05) is 39.5 Å². The third-order valence-corrected chi connectivity index (χ3v) is 4.10. The summed E-state index contributed by atoms with van der Waals surface area (Å²) >= 11 is 0. The number of rotatable bonds is 11. The van der Waals surface area contributed by atoms with E-state index in [0.717, 1.165) is 0 Å². The second-order valence-electron chi connectivity index (χ2n) is 6.22. The molecule has 0 spiro atoms. The van der Waals surface area contributed by atoms with Crippen LogP contribution >= 0.6 is 0 Å². The lowest BCUT2D eigenvalue weighted by atomic mass is 10.0. The fourth-order valence-electron chi connectivity index (χ4n) is 2.80. The minimum absolute atomic E-state index is 0.0211. The number of halogens is 2. The van der Waals surface area contributed by atoms with Gasteiger partial charge in [-0.05, 0) is 35.4 Å². The van der Waals surface area contributed by atoms with Gasteiger partial charge in [-0.15, -0.1) is 0 Å². The van der Waals surface area contributed by atoms with Crippen LogP contribution in [0.2, 0.25) is 0 Å². The molecule has 27 heavy (non-hydrogen) atoms. The number of ether oxygens (including phenoxy) is 1. The van der Waals surface area contributed by atoms with Crippen molar-refractivity contribution in [1.82, 2.24) is 4.90 Å². The minimum atomic E-state index is -0.855. The van der Waals surface area contributed by atoms with Gasteiger partial charge in [0.1, 0.15) is 17.7 Å². The van der Waals surface area contributed by atoms with Crippen molar-refractivity contribution in [3.8, 4) is 0 Å². The van der Waals surface area contributed by atoms with E-state index < -0.39 is 12.2 Å². The molecule has 0 heterocycles. The molecule has 1 atom stereocenters. The van der Waals surface area contributed by atoms with Crippen LogP contribution in [0.1, 0.15) is 17.2 Å². The van der Waals surface area contributed by atoms with Gasteiger partial charge in [0.25, 0.3) is 0 Å². The molecular weight excluding hydrogens is 356 g/mol. The number of benzene rings is 2. The molecule has 0 saturated heterocycles. The Morgan fingerprint density at radius 3 is 1.67 bits per heavy atom. The van der Waals surface area contributed by atoms with Crippen LogP contribution < -0.4 is 0 Å². The second-order valence-corrected chi connectivity index (χ2v) is 6.22. The van der Waals surface area contributed by atoms with E-state index in [4.69, 9.17) is 14.9 Å². The Balaban J connectivity index is 2.07. The smallest absolute Gasteiger partial charge is 0.123 e. The average molecular weight is 381 g/mol. The third kappa shape index (κ3) is 6.97. The molecule has 0 saturated carbocycles. The predicted molar refractivity (Wildman–Crippen MR) is 97.2 cm³/mol. The maximum atomic E-state index is 13.2. The molecule has 0 amide bonds. The zero-order valence-electron chi connectivity index (χ0n) is 15.0. The molecule has 0 radical (unpaired) electrons. The van der Waals surface area contributed by atoms with Gasteiger partial charge in [0.2, 0.25) is 0 Å². The zero-order chi connectivity index (χ0) is 19.6. The summed E-state index contributed by atoms with van der Waals surface area (Å²) in [5.74, 6) is -0.749. The molecule has 5 nitrogen and oxygen atoms in total. The van der Waals surface area contributed by atoms with E-state index in [1.165, 1.54) is 24.3 Å². The first-order valence-electron chi connectivity index (χ1n) is 8.78. The van der Waals surface area contributed by atoms with Crippen molar-refractivity contribution in [2.24, 2.45) is 0 Å². The Kier molecular flexibility index (Phi) is 8.77. The lowest BCUT2D eigenvalue weighted by Crippen LogP contribution is -2.38. The van der Waals surface area contributed by atoms with Gasteiger partial charge in [0.15, 0.2) is 0 Å². The van der Waals surface area contributed by atoms with Gasteiger partial charge in [-0.2, -0.15) is 0 Å². The summed E-state index contributed by atoms with van der Waals surface area (Å²) in [6, 6.07) is 11.6. The summed E-state index contributed by atoms with van der Waals surface area (Å²) in [6.45, 7) is 0.699. The van der Waals surface area contributed by atoms with E-state index >= 15 is 0 Å². The lowest BCUT2D eigenvalue weighted by Gasteiger charge is -2.25. The van der Waals surface area contributed by atoms with E-state index in [9.17, 15) is 13.9 Å². The Morgan fingerprint density at radius 1 is 0.815 bits per heavy atom. The van der Waals surface area contributed by atoms with Crippen LogP contribution in [-0.4, -0.2) is 65.8 Å². The van der Waals surface area contributed by atoms with Gasteiger partial charge in [0, 0.05) is 19.6 Å². The molecule has 0 bridgehead atoms. The minimum Gasteiger partial charge on any atom is -0.395 e. The first-order chi connectivity index (χ1) is 13.0. The van der Waals surface area contributed by atoms with Gasteiger partial charge in [-0.25, -0.2) is 8.78 Å². The summed E-state index contributed by atoms with van der Waals surface area (Å²) in [5, 5.41) is 28.3. The molecule has 2 rings (SSSR count).